The van der Waals surface area contributed by atoms with E-state index in [0.29, 0.717) is 11.4 Å². The van der Waals surface area contributed by atoms with Crippen molar-refractivity contribution < 1.29 is 8.42 Å². The minimum absolute atomic E-state index is 0.235. The number of rotatable bonds is 6. The van der Waals surface area contributed by atoms with E-state index in [4.69, 9.17) is 11.6 Å². The van der Waals surface area contributed by atoms with Gasteiger partial charge in [0.2, 0.25) is 10.0 Å². The van der Waals surface area contributed by atoms with Gasteiger partial charge in [-0.3, -0.25) is 0 Å². The third-order valence-corrected chi connectivity index (χ3v) is 5.14. The van der Waals surface area contributed by atoms with Crippen LogP contribution in [0.4, 0.5) is 0 Å². The van der Waals surface area contributed by atoms with Gasteiger partial charge in [0.25, 0.3) is 0 Å². The van der Waals surface area contributed by atoms with Crippen molar-refractivity contribution in [2.75, 3.05) is 0 Å². The molecule has 0 bridgehead atoms. The monoisotopic (exact) mass is 335 g/mol. The van der Waals surface area contributed by atoms with Gasteiger partial charge < -0.3 is 0 Å². The number of aryl methyl sites for hydroxylation is 1. The molecule has 2 aromatic rings. The van der Waals surface area contributed by atoms with E-state index in [1.165, 1.54) is 0 Å². The van der Waals surface area contributed by atoms with Gasteiger partial charge in [-0.15, -0.1) is 6.58 Å². The molecule has 0 aliphatic rings. The van der Waals surface area contributed by atoms with E-state index in [9.17, 15) is 8.42 Å². The van der Waals surface area contributed by atoms with Crippen LogP contribution in [0.1, 0.15) is 23.6 Å². The van der Waals surface area contributed by atoms with Crippen molar-refractivity contribution in [2.45, 2.75) is 24.3 Å². The number of benzene rings is 2. The normalized spacial score (nSPS) is 12.8. The highest BCUT2D eigenvalue weighted by atomic mass is 35.5. The molecule has 1 unspecified atom stereocenters. The fraction of sp³-hybridized carbons (Fsp3) is 0.176. The van der Waals surface area contributed by atoms with E-state index in [1.54, 1.807) is 36.4 Å². The first-order valence-electron chi connectivity index (χ1n) is 6.88. The van der Waals surface area contributed by atoms with Crippen molar-refractivity contribution in [3.63, 3.8) is 0 Å². The summed E-state index contributed by atoms with van der Waals surface area (Å²) in [6, 6.07) is 13.5. The third kappa shape index (κ3) is 3.97. The molecule has 1 N–H and O–H groups in total. The van der Waals surface area contributed by atoms with Crippen LogP contribution >= 0.6 is 11.6 Å². The van der Waals surface area contributed by atoms with Crippen LogP contribution in [0, 0.1) is 6.92 Å². The molecule has 2 aromatic carbocycles. The summed E-state index contributed by atoms with van der Waals surface area (Å²) in [4.78, 5) is 0.235. The Morgan fingerprint density at radius 1 is 1.18 bits per heavy atom. The lowest BCUT2D eigenvalue weighted by atomic mass is 10.1. The second-order valence-electron chi connectivity index (χ2n) is 5.03. The fourth-order valence-electron chi connectivity index (χ4n) is 2.14. The minimum Gasteiger partial charge on any atom is -0.207 e. The number of halogens is 1. The predicted molar refractivity (Wildman–Crippen MR) is 90.5 cm³/mol. The maximum absolute atomic E-state index is 12.5. The molecular formula is C17H18ClNO2S. The topological polar surface area (TPSA) is 46.2 Å². The van der Waals surface area contributed by atoms with Crippen LogP contribution < -0.4 is 4.72 Å². The van der Waals surface area contributed by atoms with Gasteiger partial charge in [-0.2, -0.15) is 0 Å². The van der Waals surface area contributed by atoms with Crippen LogP contribution in [0.5, 0.6) is 0 Å². The third-order valence-electron chi connectivity index (χ3n) is 3.31. The van der Waals surface area contributed by atoms with E-state index in [1.807, 2.05) is 25.1 Å². The Morgan fingerprint density at radius 2 is 1.82 bits per heavy atom. The van der Waals surface area contributed by atoms with Gasteiger partial charge in [-0.05, 0) is 37.1 Å². The van der Waals surface area contributed by atoms with Gasteiger partial charge in [0, 0.05) is 5.02 Å². The van der Waals surface area contributed by atoms with E-state index in [-0.39, 0.29) is 4.90 Å². The highest BCUT2D eigenvalue weighted by Crippen LogP contribution is 2.27. The Labute approximate surface area is 136 Å². The summed E-state index contributed by atoms with van der Waals surface area (Å²) in [5.74, 6) is 0. The smallest absolute Gasteiger partial charge is 0.207 e. The zero-order chi connectivity index (χ0) is 16.2. The molecule has 22 heavy (non-hydrogen) atoms. The Balaban J connectivity index is 2.33. The Morgan fingerprint density at radius 3 is 2.41 bits per heavy atom. The van der Waals surface area contributed by atoms with E-state index < -0.39 is 16.1 Å². The molecule has 3 nitrogen and oxygen atoms in total. The molecule has 0 amide bonds. The van der Waals surface area contributed by atoms with Crippen LogP contribution in [0.3, 0.4) is 0 Å². The van der Waals surface area contributed by atoms with Gasteiger partial charge in [0.1, 0.15) is 0 Å². The Bertz CT molecular complexity index is 754. The number of hydrogen-bond acceptors (Lipinski definition) is 2. The first-order chi connectivity index (χ1) is 10.4. The van der Waals surface area contributed by atoms with Gasteiger partial charge in [-0.1, -0.05) is 53.6 Å². The molecule has 0 saturated heterocycles. The van der Waals surface area contributed by atoms with E-state index in [2.05, 4.69) is 11.3 Å². The first-order valence-corrected chi connectivity index (χ1v) is 8.74. The van der Waals surface area contributed by atoms with E-state index in [0.717, 1.165) is 11.1 Å². The molecule has 0 aromatic heterocycles. The maximum atomic E-state index is 12.5. The lowest BCUT2D eigenvalue weighted by molar-refractivity contribution is 0.558. The number of sulfonamides is 1. The molecular weight excluding hydrogens is 318 g/mol. The lowest BCUT2D eigenvalue weighted by Gasteiger charge is -2.19. The number of nitrogens with one attached hydrogen (secondary N) is 1. The summed E-state index contributed by atoms with van der Waals surface area (Å²) >= 11 is 6.18. The average Bonchev–Trinajstić information content (AvgIpc) is 2.47. The van der Waals surface area contributed by atoms with Crippen LogP contribution in [0.25, 0.3) is 0 Å². The van der Waals surface area contributed by atoms with Gasteiger partial charge in [-0.25, -0.2) is 13.1 Å². The molecule has 0 aliphatic carbocycles. The molecule has 0 aliphatic heterocycles. The van der Waals surface area contributed by atoms with Crippen LogP contribution in [-0.2, 0) is 10.0 Å². The summed E-state index contributed by atoms with van der Waals surface area (Å²) in [6.07, 6.45) is 2.13. The molecule has 0 saturated carbocycles. The molecule has 5 heteroatoms. The standard InChI is InChI=1S/C17H18ClNO2S/c1-3-6-17(15-7-4-5-8-16(15)18)19-22(20,21)14-11-9-13(2)10-12-14/h3-5,7-12,17,19H,1,6H2,2H3. The zero-order valence-electron chi connectivity index (χ0n) is 12.3. The molecule has 1 atom stereocenters. The van der Waals surface area contributed by atoms with Crippen LogP contribution in [0.2, 0.25) is 5.02 Å². The fourth-order valence-corrected chi connectivity index (χ4v) is 3.63. The van der Waals surface area contributed by atoms with Crippen molar-refractivity contribution >= 4 is 21.6 Å². The molecule has 0 spiro atoms. The molecule has 116 valence electrons. The summed E-state index contributed by atoms with van der Waals surface area (Å²) < 4.78 is 27.8. The molecule has 2 rings (SSSR count). The summed E-state index contributed by atoms with van der Waals surface area (Å²) in [5, 5.41) is 0.529. The maximum Gasteiger partial charge on any atom is 0.241 e. The summed E-state index contributed by atoms with van der Waals surface area (Å²) in [5.41, 5.74) is 1.74. The van der Waals surface area contributed by atoms with Crippen LogP contribution in [0.15, 0.2) is 66.1 Å². The Hall–Kier alpha value is -1.62. The second-order valence-corrected chi connectivity index (χ2v) is 7.15. The average molecular weight is 336 g/mol. The van der Waals surface area contributed by atoms with Crippen molar-refractivity contribution in [2.24, 2.45) is 0 Å². The first kappa shape index (κ1) is 16.7. The van der Waals surface area contributed by atoms with Gasteiger partial charge in [0.05, 0.1) is 10.9 Å². The highest BCUT2D eigenvalue weighted by Gasteiger charge is 2.21. The molecule has 0 heterocycles. The van der Waals surface area contributed by atoms with E-state index >= 15 is 0 Å². The number of hydrogen-bond donors (Lipinski definition) is 1. The molecule has 0 radical (unpaired) electrons. The summed E-state index contributed by atoms with van der Waals surface area (Å²) in [6.45, 7) is 5.60. The molecule has 0 fully saturated rings. The second kappa shape index (κ2) is 7.09. The van der Waals surface area contributed by atoms with Crippen molar-refractivity contribution in [1.29, 1.82) is 0 Å². The van der Waals surface area contributed by atoms with Crippen molar-refractivity contribution in [1.82, 2.24) is 4.72 Å². The highest BCUT2D eigenvalue weighted by molar-refractivity contribution is 7.89. The van der Waals surface area contributed by atoms with Gasteiger partial charge in [0.15, 0.2) is 0 Å². The largest absolute Gasteiger partial charge is 0.241 e. The summed E-state index contributed by atoms with van der Waals surface area (Å²) in [7, 11) is -3.62. The van der Waals surface area contributed by atoms with Crippen molar-refractivity contribution in [3.8, 4) is 0 Å². The van der Waals surface area contributed by atoms with Gasteiger partial charge >= 0.3 is 0 Å². The minimum atomic E-state index is -3.62. The zero-order valence-corrected chi connectivity index (χ0v) is 13.9. The predicted octanol–water partition coefficient (Wildman–Crippen LogP) is 4.24. The van der Waals surface area contributed by atoms with Crippen molar-refractivity contribution in [3.05, 3.63) is 77.3 Å². The lowest BCUT2D eigenvalue weighted by Crippen LogP contribution is -2.28. The SMILES string of the molecule is C=CCC(NS(=O)(=O)c1ccc(C)cc1)c1ccccc1Cl. The van der Waals surface area contributed by atoms with Crippen LogP contribution in [-0.4, -0.2) is 8.42 Å². The Kier molecular flexibility index (Phi) is 5.40. The quantitative estimate of drug-likeness (QED) is 0.802.